The number of halogens is 1. The van der Waals surface area contributed by atoms with E-state index in [2.05, 4.69) is 20.7 Å². The molecule has 0 bridgehead atoms. The van der Waals surface area contributed by atoms with Crippen LogP contribution >= 0.6 is 11.6 Å². The first-order chi connectivity index (χ1) is 13.2. The molecule has 1 aromatic carbocycles. The number of benzene rings is 1. The molecule has 1 amide bonds. The van der Waals surface area contributed by atoms with Gasteiger partial charge in [-0.3, -0.25) is 4.79 Å². The summed E-state index contributed by atoms with van der Waals surface area (Å²) in [5.41, 5.74) is 2.22. The van der Waals surface area contributed by atoms with Crippen molar-refractivity contribution in [1.29, 1.82) is 0 Å². The van der Waals surface area contributed by atoms with E-state index in [1.807, 2.05) is 24.3 Å². The number of aromatic nitrogens is 3. The van der Waals surface area contributed by atoms with Gasteiger partial charge in [0, 0.05) is 42.3 Å². The zero-order valence-corrected chi connectivity index (χ0v) is 15.2. The van der Waals surface area contributed by atoms with Gasteiger partial charge in [-0.2, -0.15) is 5.10 Å². The Morgan fingerprint density at radius 3 is 2.89 bits per heavy atom. The minimum Gasteiger partial charge on any atom is -0.371 e. The minimum absolute atomic E-state index is 0.0481. The van der Waals surface area contributed by atoms with E-state index < -0.39 is 0 Å². The van der Waals surface area contributed by atoms with Crippen LogP contribution in [-0.2, 0) is 4.74 Å². The lowest BCUT2D eigenvalue weighted by atomic mass is 10.1. The molecule has 138 valence electrons. The van der Waals surface area contributed by atoms with Crippen molar-refractivity contribution in [3.63, 3.8) is 0 Å². The Labute approximate surface area is 161 Å². The summed E-state index contributed by atoms with van der Waals surface area (Å²) in [7, 11) is 0. The van der Waals surface area contributed by atoms with Gasteiger partial charge in [0.05, 0.1) is 24.5 Å². The van der Waals surface area contributed by atoms with Crippen LogP contribution in [0, 0.1) is 0 Å². The molecule has 0 aliphatic carbocycles. The molecular weight excluding hydrogens is 366 g/mol. The smallest absolute Gasteiger partial charge is 0.258 e. The van der Waals surface area contributed by atoms with Crippen molar-refractivity contribution in [3.05, 3.63) is 71.1 Å². The quantitative estimate of drug-likeness (QED) is 0.724. The molecule has 2 aromatic heterocycles. The van der Waals surface area contributed by atoms with Crippen LogP contribution in [-0.4, -0.2) is 40.4 Å². The Morgan fingerprint density at radius 2 is 2.15 bits per heavy atom. The van der Waals surface area contributed by atoms with E-state index in [0.717, 1.165) is 18.7 Å². The molecule has 2 N–H and O–H groups in total. The minimum atomic E-state index is -0.244. The Morgan fingerprint density at radius 1 is 1.30 bits per heavy atom. The molecular formula is C19H18ClN5O2. The highest BCUT2D eigenvalue weighted by atomic mass is 35.5. The summed E-state index contributed by atoms with van der Waals surface area (Å²) in [4.78, 5) is 16.7. The van der Waals surface area contributed by atoms with Crippen LogP contribution in [0.5, 0.6) is 0 Å². The molecule has 0 saturated carbocycles. The molecule has 1 unspecified atom stereocenters. The van der Waals surface area contributed by atoms with Crippen LogP contribution in [0.3, 0.4) is 0 Å². The lowest BCUT2D eigenvalue weighted by molar-refractivity contribution is 0.0277. The van der Waals surface area contributed by atoms with E-state index in [4.69, 9.17) is 16.3 Å². The molecule has 0 radical (unpaired) electrons. The van der Waals surface area contributed by atoms with E-state index in [-0.39, 0.29) is 12.0 Å². The fraction of sp³-hybridized carbons (Fsp3) is 0.211. The van der Waals surface area contributed by atoms with Crippen LogP contribution in [0.25, 0.3) is 5.82 Å². The van der Waals surface area contributed by atoms with E-state index >= 15 is 0 Å². The lowest BCUT2D eigenvalue weighted by Gasteiger charge is -2.24. The summed E-state index contributed by atoms with van der Waals surface area (Å²) in [6, 6.07) is 11.0. The number of rotatable bonds is 4. The average Bonchev–Trinajstić information content (AvgIpc) is 3.20. The number of carbonyl (C=O) groups is 1. The van der Waals surface area contributed by atoms with Crippen molar-refractivity contribution >= 4 is 23.2 Å². The Balaban J connectivity index is 1.43. The highest BCUT2D eigenvalue weighted by molar-refractivity contribution is 6.30. The number of hydrogen-bond acceptors (Lipinski definition) is 5. The third-order valence-electron chi connectivity index (χ3n) is 4.26. The molecule has 7 nitrogen and oxygen atoms in total. The van der Waals surface area contributed by atoms with Crippen molar-refractivity contribution in [3.8, 4) is 5.82 Å². The molecule has 1 atom stereocenters. The maximum absolute atomic E-state index is 12.5. The van der Waals surface area contributed by atoms with Gasteiger partial charge in [0.25, 0.3) is 5.91 Å². The fourth-order valence-electron chi connectivity index (χ4n) is 2.85. The number of carbonyl (C=O) groups excluding carboxylic acids is 1. The van der Waals surface area contributed by atoms with Crippen LogP contribution < -0.4 is 10.6 Å². The number of nitrogens with zero attached hydrogens (tertiary/aromatic N) is 3. The van der Waals surface area contributed by atoms with Crippen molar-refractivity contribution in [2.45, 2.75) is 6.10 Å². The SMILES string of the molecule is O=C(Nc1ccc(C2CNCCO2)cc1)c1cnn(-c2cc(Cl)ccn2)c1. The van der Waals surface area contributed by atoms with Gasteiger partial charge < -0.3 is 15.4 Å². The maximum Gasteiger partial charge on any atom is 0.258 e. The normalized spacial score (nSPS) is 16.9. The second-order valence-electron chi connectivity index (χ2n) is 6.15. The number of anilines is 1. The predicted molar refractivity (Wildman–Crippen MR) is 102 cm³/mol. The van der Waals surface area contributed by atoms with Crippen LogP contribution in [0.2, 0.25) is 5.02 Å². The summed E-state index contributed by atoms with van der Waals surface area (Å²) in [5, 5.41) is 10.9. The first-order valence-electron chi connectivity index (χ1n) is 8.59. The largest absolute Gasteiger partial charge is 0.371 e. The van der Waals surface area contributed by atoms with Gasteiger partial charge in [-0.25, -0.2) is 9.67 Å². The van der Waals surface area contributed by atoms with Crippen molar-refractivity contribution in [1.82, 2.24) is 20.1 Å². The van der Waals surface area contributed by atoms with E-state index in [1.165, 1.54) is 10.9 Å². The Bertz CT molecular complexity index is 935. The van der Waals surface area contributed by atoms with E-state index in [9.17, 15) is 4.79 Å². The molecule has 0 spiro atoms. The Kier molecular flexibility index (Phi) is 5.15. The summed E-state index contributed by atoms with van der Waals surface area (Å²) in [6.07, 6.45) is 4.75. The zero-order valence-electron chi connectivity index (χ0n) is 14.4. The van der Waals surface area contributed by atoms with Gasteiger partial charge in [-0.05, 0) is 23.8 Å². The van der Waals surface area contributed by atoms with E-state index in [1.54, 1.807) is 24.5 Å². The second kappa shape index (κ2) is 7.87. The number of nitrogens with one attached hydrogen (secondary N) is 2. The molecule has 1 aliphatic rings. The second-order valence-corrected chi connectivity index (χ2v) is 6.58. The van der Waals surface area contributed by atoms with Crippen molar-refractivity contribution in [2.75, 3.05) is 25.0 Å². The topological polar surface area (TPSA) is 81.1 Å². The van der Waals surface area contributed by atoms with Crippen LogP contribution in [0.15, 0.2) is 55.0 Å². The molecule has 3 aromatic rings. The van der Waals surface area contributed by atoms with Crippen molar-refractivity contribution in [2.24, 2.45) is 0 Å². The summed E-state index contributed by atoms with van der Waals surface area (Å²) < 4.78 is 7.24. The van der Waals surface area contributed by atoms with Gasteiger partial charge in [-0.15, -0.1) is 0 Å². The maximum atomic E-state index is 12.5. The monoisotopic (exact) mass is 383 g/mol. The standard InChI is InChI=1S/C19H18ClN5O2/c20-15-5-6-22-18(9-15)25-12-14(10-23-25)19(26)24-16-3-1-13(2-4-16)17-11-21-7-8-27-17/h1-6,9-10,12,17,21H,7-8,11H2,(H,24,26). The number of amides is 1. The number of morpholine rings is 1. The molecule has 8 heteroatoms. The first kappa shape index (κ1) is 17.7. The number of pyridine rings is 1. The highest BCUT2D eigenvalue weighted by Gasteiger charge is 2.16. The highest BCUT2D eigenvalue weighted by Crippen LogP contribution is 2.21. The molecule has 1 fully saturated rings. The third kappa shape index (κ3) is 4.16. The predicted octanol–water partition coefficient (Wildman–Crippen LogP) is 2.83. The van der Waals surface area contributed by atoms with Gasteiger partial charge >= 0.3 is 0 Å². The zero-order chi connectivity index (χ0) is 18.6. The summed E-state index contributed by atoms with van der Waals surface area (Å²) in [6.45, 7) is 2.38. The first-order valence-corrected chi connectivity index (χ1v) is 8.97. The lowest BCUT2D eigenvalue weighted by Crippen LogP contribution is -2.33. The Hall–Kier alpha value is -2.74. The molecule has 27 heavy (non-hydrogen) atoms. The number of ether oxygens (including phenoxy) is 1. The van der Waals surface area contributed by atoms with Gasteiger partial charge in [0.2, 0.25) is 0 Å². The molecule has 3 heterocycles. The molecule has 1 aliphatic heterocycles. The third-order valence-corrected chi connectivity index (χ3v) is 4.49. The van der Waals surface area contributed by atoms with Crippen molar-refractivity contribution < 1.29 is 9.53 Å². The van der Waals surface area contributed by atoms with E-state index in [0.29, 0.717) is 28.7 Å². The average molecular weight is 384 g/mol. The van der Waals surface area contributed by atoms with Gasteiger partial charge in [-0.1, -0.05) is 23.7 Å². The number of hydrogen-bond donors (Lipinski definition) is 2. The summed E-state index contributed by atoms with van der Waals surface area (Å²) in [5.74, 6) is 0.304. The van der Waals surface area contributed by atoms with Gasteiger partial charge in [0.1, 0.15) is 0 Å². The molecule has 1 saturated heterocycles. The van der Waals surface area contributed by atoms with Gasteiger partial charge in [0.15, 0.2) is 5.82 Å². The van der Waals surface area contributed by atoms with Crippen LogP contribution in [0.1, 0.15) is 22.0 Å². The van der Waals surface area contributed by atoms with Crippen LogP contribution in [0.4, 0.5) is 5.69 Å². The molecule has 4 rings (SSSR count). The summed E-state index contributed by atoms with van der Waals surface area (Å²) >= 11 is 5.97. The fourth-order valence-corrected chi connectivity index (χ4v) is 3.00.